The van der Waals surface area contributed by atoms with Crippen molar-refractivity contribution in [3.05, 3.63) is 35.8 Å². The normalized spacial score (nSPS) is 21.7. The third kappa shape index (κ3) is 3.84. The molecule has 1 heterocycles. The Bertz CT molecular complexity index is 659. The minimum absolute atomic E-state index is 0.0320. The molecule has 1 fully saturated rings. The molecule has 2 atom stereocenters. The van der Waals surface area contributed by atoms with E-state index in [4.69, 9.17) is 15.6 Å². The van der Waals surface area contributed by atoms with Crippen LogP contribution in [-0.2, 0) is 32.1 Å². The first-order valence-corrected chi connectivity index (χ1v) is 7.32. The number of rotatable bonds is 6. The zero-order chi connectivity index (χ0) is 17.0. The van der Waals surface area contributed by atoms with Gasteiger partial charge in [-0.15, -0.1) is 6.42 Å². The molecule has 0 N–H and O–H groups in total. The van der Waals surface area contributed by atoms with Crippen LogP contribution in [0.4, 0.5) is 0 Å². The maximum Gasteiger partial charge on any atom is 0.330 e. The molecule has 0 aliphatic heterocycles. The van der Waals surface area contributed by atoms with Crippen molar-refractivity contribution in [1.29, 1.82) is 0 Å². The number of ether oxygens (including phenoxy) is 2. The van der Waals surface area contributed by atoms with Crippen LogP contribution in [0.15, 0.2) is 28.9 Å². The minimum Gasteiger partial charge on any atom is -0.468 e. The van der Waals surface area contributed by atoms with E-state index in [0.717, 1.165) is 5.56 Å². The Kier molecular flexibility index (Phi) is 4.95. The van der Waals surface area contributed by atoms with Crippen LogP contribution in [0.25, 0.3) is 0 Å². The van der Waals surface area contributed by atoms with E-state index < -0.39 is 5.97 Å². The molecule has 122 valence electrons. The molecule has 5 nitrogen and oxygen atoms in total. The highest BCUT2D eigenvalue weighted by Gasteiger charge is 2.61. The van der Waals surface area contributed by atoms with Crippen molar-refractivity contribution in [3.8, 4) is 12.3 Å². The van der Waals surface area contributed by atoms with Gasteiger partial charge in [-0.1, -0.05) is 25.8 Å². The van der Waals surface area contributed by atoms with Gasteiger partial charge in [0.2, 0.25) is 0 Å². The lowest BCUT2D eigenvalue weighted by molar-refractivity contribution is -0.147. The second-order valence-electron chi connectivity index (χ2n) is 6.12. The van der Waals surface area contributed by atoms with E-state index in [1.54, 1.807) is 12.1 Å². The maximum absolute atomic E-state index is 12.2. The minimum atomic E-state index is -0.431. The second kappa shape index (κ2) is 6.74. The smallest absolute Gasteiger partial charge is 0.330 e. The van der Waals surface area contributed by atoms with Crippen LogP contribution < -0.4 is 0 Å². The molecule has 2 unspecified atom stereocenters. The van der Waals surface area contributed by atoms with E-state index >= 15 is 0 Å². The number of hydrogen-bond donors (Lipinski definition) is 0. The molecule has 23 heavy (non-hydrogen) atoms. The number of allylic oxidation sites excluding steroid dienone is 1. The van der Waals surface area contributed by atoms with Crippen molar-refractivity contribution >= 4 is 11.9 Å². The van der Waals surface area contributed by atoms with Gasteiger partial charge >= 0.3 is 11.9 Å². The Morgan fingerprint density at radius 1 is 1.48 bits per heavy atom. The molecule has 0 bridgehead atoms. The topological polar surface area (TPSA) is 65.7 Å². The molecule has 0 saturated heterocycles. The highest BCUT2D eigenvalue weighted by Crippen LogP contribution is 2.59. The number of hydrogen-bond acceptors (Lipinski definition) is 5. The number of carbonyl (C=O) groups excluding carboxylic acids is 2. The SMILES string of the molecule is C#CCc1cc(COC(=O)C2C(/C=C/C(=O)OC)C2(C)C)co1. The molecule has 0 spiro atoms. The van der Waals surface area contributed by atoms with Crippen molar-refractivity contribution in [2.24, 2.45) is 17.3 Å². The summed E-state index contributed by atoms with van der Waals surface area (Å²) in [6, 6.07) is 1.78. The predicted molar refractivity (Wildman–Crippen MR) is 83.0 cm³/mol. The van der Waals surface area contributed by atoms with Gasteiger partial charge in [0.05, 0.1) is 25.7 Å². The summed E-state index contributed by atoms with van der Waals surface area (Å²) in [5, 5.41) is 0. The van der Waals surface area contributed by atoms with Crippen molar-refractivity contribution in [3.63, 3.8) is 0 Å². The van der Waals surface area contributed by atoms with Gasteiger partial charge in [-0.05, 0) is 17.4 Å². The highest BCUT2D eigenvalue weighted by molar-refractivity contribution is 5.83. The van der Waals surface area contributed by atoms with Crippen LogP contribution in [0.1, 0.15) is 25.2 Å². The molecule has 1 saturated carbocycles. The fourth-order valence-electron chi connectivity index (χ4n) is 2.68. The van der Waals surface area contributed by atoms with Crippen molar-refractivity contribution < 1.29 is 23.5 Å². The van der Waals surface area contributed by atoms with Gasteiger partial charge in [-0.25, -0.2) is 4.79 Å². The van der Waals surface area contributed by atoms with E-state index in [2.05, 4.69) is 10.7 Å². The molecular formula is C18H20O5. The number of terminal acetylenes is 1. The van der Waals surface area contributed by atoms with Crippen LogP contribution in [0, 0.1) is 29.6 Å². The largest absolute Gasteiger partial charge is 0.468 e. The van der Waals surface area contributed by atoms with Crippen molar-refractivity contribution in [1.82, 2.24) is 0 Å². The second-order valence-corrected chi connectivity index (χ2v) is 6.12. The molecular weight excluding hydrogens is 296 g/mol. The molecule has 1 aromatic heterocycles. The third-order valence-electron chi connectivity index (χ3n) is 4.17. The molecule has 2 rings (SSSR count). The van der Waals surface area contributed by atoms with E-state index in [1.165, 1.54) is 19.4 Å². The van der Waals surface area contributed by atoms with Gasteiger partial charge in [0.15, 0.2) is 0 Å². The van der Waals surface area contributed by atoms with Crippen molar-refractivity contribution in [2.45, 2.75) is 26.9 Å². The molecule has 1 aromatic rings. The monoisotopic (exact) mass is 316 g/mol. The number of esters is 2. The van der Waals surface area contributed by atoms with E-state index in [0.29, 0.717) is 12.2 Å². The fraction of sp³-hybridized carbons (Fsp3) is 0.444. The summed E-state index contributed by atoms with van der Waals surface area (Å²) in [6.07, 6.45) is 10.2. The van der Waals surface area contributed by atoms with Gasteiger partial charge in [0.25, 0.3) is 0 Å². The maximum atomic E-state index is 12.2. The van der Waals surface area contributed by atoms with Gasteiger partial charge in [-0.3, -0.25) is 4.79 Å². The molecule has 1 aliphatic rings. The van der Waals surface area contributed by atoms with E-state index in [1.807, 2.05) is 13.8 Å². The Morgan fingerprint density at radius 3 is 2.87 bits per heavy atom. The Balaban J connectivity index is 1.89. The first-order valence-electron chi connectivity index (χ1n) is 7.32. The Hall–Kier alpha value is -2.48. The average molecular weight is 316 g/mol. The van der Waals surface area contributed by atoms with Gasteiger partial charge in [0.1, 0.15) is 12.4 Å². The summed E-state index contributed by atoms with van der Waals surface area (Å²) >= 11 is 0. The molecule has 5 heteroatoms. The number of furan rings is 1. The Labute approximate surface area is 135 Å². The standard InChI is InChI=1S/C18H20O5/c1-5-6-13-9-12(10-22-13)11-23-17(20)16-14(18(16,2)3)7-8-15(19)21-4/h1,7-10,14,16H,6,11H2,2-4H3/b8-7+. The third-order valence-corrected chi connectivity index (χ3v) is 4.17. The van der Waals surface area contributed by atoms with Gasteiger partial charge < -0.3 is 13.9 Å². The zero-order valence-electron chi connectivity index (χ0n) is 13.5. The lowest BCUT2D eigenvalue weighted by atomic mass is 10.1. The van der Waals surface area contributed by atoms with E-state index in [9.17, 15) is 9.59 Å². The van der Waals surface area contributed by atoms with Crippen LogP contribution in [0.2, 0.25) is 0 Å². The van der Waals surface area contributed by atoms with E-state index in [-0.39, 0.29) is 29.8 Å². The first kappa shape index (κ1) is 16.9. The van der Waals surface area contributed by atoms with Crippen LogP contribution in [0.3, 0.4) is 0 Å². The zero-order valence-corrected chi connectivity index (χ0v) is 13.5. The molecule has 0 radical (unpaired) electrons. The lowest BCUT2D eigenvalue weighted by Crippen LogP contribution is -2.10. The summed E-state index contributed by atoms with van der Waals surface area (Å²) in [5.41, 5.74) is 0.538. The summed E-state index contributed by atoms with van der Waals surface area (Å²) in [4.78, 5) is 23.4. The first-order chi connectivity index (χ1) is 10.9. The number of carbonyl (C=O) groups is 2. The van der Waals surface area contributed by atoms with Crippen LogP contribution >= 0.6 is 0 Å². The highest BCUT2D eigenvalue weighted by atomic mass is 16.5. The number of methoxy groups -OCH3 is 1. The summed E-state index contributed by atoms with van der Waals surface area (Å²) < 4.78 is 15.2. The van der Waals surface area contributed by atoms with Gasteiger partial charge in [-0.2, -0.15) is 0 Å². The van der Waals surface area contributed by atoms with Gasteiger partial charge in [0, 0.05) is 11.6 Å². The van der Waals surface area contributed by atoms with Crippen LogP contribution in [0.5, 0.6) is 0 Å². The fourth-order valence-corrected chi connectivity index (χ4v) is 2.68. The summed E-state index contributed by atoms with van der Waals surface area (Å²) in [6.45, 7) is 4.08. The Morgan fingerprint density at radius 2 is 2.22 bits per heavy atom. The lowest BCUT2D eigenvalue weighted by Gasteiger charge is -2.03. The molecule has 1 aliphatic carbocycles. The molecule has 0 aromatic carbocycles. The average Bonchev–Trinajstić information content (AvgIpc) is 2.84. The predicted octanol–water partition coefficient (Wildman–Crippen LogP) is 2.50. The summed E-state index contributed by atoms with van der Waals surface area (Å²) in [7, 11) is 1.32. The molecule has 0 amide bonds. The van der Waals surface area contributed by atoms with Crippen molar-refractivity contribution in [2.75, 3.05) is 7.11 Å². The quantitative estimate of drug-likeness (QED) is 0.458. The van der Waals surface area contributed by atoms with Crippen LogP contribution in [-0.4, -0.2) is 19.0 Å². The summed E-state index contributed by atoms with van der Waals surface area (Å²) in [5.74, 6) is 2.15.